The van der Waals surface area contributed by atoms with Crippen LogP contribution in [-0.4, -0.2) is 84.6 Å². The van der Waals surface area contributed by atoms with Gasteiger partial charge in [-0.1, -0.05) is 6.92 Å². The summed E-state index contributed by atoms with van der Waals surface area (Å²) in [5, 5.41) is 15.6. The van der Waals surface area contributed by atoms with Crippen molar-refractivity contribution in [3.63, 3.8) is 0 Å². The van der Waals surface area contributed by atoms with Crippen LogP contribution in [0.5, 0.6) is 0 Å². The number of esters is 1. The second-order valence-corrected chi connectivity index (χ2v) is 10.4. The fourth-order valence-electron chi connectivity index (χ4n) is 3.31. The number of methoxy groups -OCH3 is 1. The van der Waals surface area contributed by atoms with Crippen LogP contribution in [0.2, 0.25) is 0 Å². The van der Waals surface area contributed by atoms with E-state index in [-0.39, 0.29) is 18.3 Å². The first-order valence-corrected chi connectivity index (χ1v) is 11.5. The topological polar surface area (TPSA) is 180 Å². The highest BCUT2D eigenvalue weighted by Crippen LogP contribution is 2.31. The summed E-state index contributed by atoms with van der Waals surface area (Å²) < 4.78 is 30.6. The van der Waals surface area contributed by atoms with E-state index in [0.29, 0.717) is 0 Å². The van der Waals surface area contributed by atoms with Crippen molar-refractivity contribution < 1.29 is 52.7 Å². The minimum atomic E-state index is -1.41. The fourth-order valence-corrected chi connectivity index (χ4v) is 3.31. The Morgan fingerprint density at radius 3 is 2.03 bits per heavy atom. The molecule has 2 heterocycles. The molecule has 0 bridgehead atoms. The summed E-state index contributed by atoms with van der Waals surface area (Å²) in [6.07, 6.45) is -5.04. The Morgan fingerprint density at radius 1 is 1.05 bits per heavy atom. The molecule has 0 unspecified atom stereocenters. The van der Waals surface area contributed by atoms with Gasteiger partial charge in [-0.15, -0.1) is 0 Å². The summed E-state index contributed by atoms with van der Waals surface area (Å²) in [6.45, 7) is 11.4. The Kier molecular flexibility index (Phi) is 9.36. The first-order valence-electron chi connectivity index (χ1n) is 11.5. The Balaban J connectivity index is 2.41. The molecule has 5 atom stereocenters. The molecule has 0 aromatic heterocycles. The maximum atomic E-state index is 12.4. The first kappa shape index (κ1) is 29.7. The average molecular weight is 530 g/mol. The van der Waals surface area contributed by atoms with Crippen molar-refractivity contribution in [2.45, 2.75) is 84.0 Å². The molecule has 14 nitrogen and oxygen atoms in total. The lowest BCUT2D eigenvalue weighted by molar-refractivity contribution is -0.147. The van der Waals surface area contributed by atoms with Gasteiger partial charge >= 0.3 is 24.3 Å². The number of amides is 2. The highest BCUT2D eigenvalue weighted by atomic mass is 16.8. The fraction of sp³-hybridized carbons (Fsp3) is 0.696. The van der Waals surface area contributed by atoms with Crippen LogP contribution in [0.1, 0.15) is 48.5 Å². The van der Waals surface area contributed by atoms with Crippen molar-refractivity contribution in [3.05, 3.63) is 11.8 Å². The molecular formula is C23H35N3O11. The van der Waals surface area contributed by atoms with Crippen LogP contribution in [0.4, 0.5) is 14.4 Å². The molecule has 2 amide bonds. The molecule has 37 heavy (non-hydrogen) atoms. The molecule has 0 aromatic rings. The van der Waals surface area contributed by atoms with E-state index in [2.05, 4.69) is 15.6 Å². The van der Waals surface area contributed by atoms with E-state index in [1.807, 2.05) is 0 Å². The SMILES string of the molecule is COC(=O)C1=C[C@H](N=C(NC(=O)OC(C)(C)C)NC(=O)OC(C)(C)C)[C@@H](C)[C@H]([C@H](O)[C@H]2COC(=O)O2)O1. The number of alkyl carbamates (subject to hydrolysis) is 2. The van der Waals surface area contributed by atoms with Crippen LogP contribution in [0.25, 0.3) is 0 Å². The van der Waals surface area contributed by atoms with E-state index < -0.39 is 65.8 Å². The zero-order valence-electron chi connectivity index (χ0n) is 22.1. The number of aliphatic hydroxyl groups is 1. The molecular weight excluding hydrogens is 494 g/mol. The predicted octanol–water partition coefficient (Wildman–Crippen LogP) is 1.75. The van der Waals surface area contributed by atoms with Gasteiger partial charge < -0.3 is 33.5 Å². The van der Waals surface area contributed by atoms with Gasteiger partial charge in [0, 0.05) is 5.92 Å². The second kappa shape index (κ2) is 11.7. The summed E-state index contributed by atoms with van der Waals surface area (Å²) in [5.74, 6) is -2.14. The predicted molar refractivity (Wildman–Crippen MR) is 126 cm³/mol. The molecule has 0 saturated carbocycles. The quantitative estimate of drug-likeness (QED) is 0.209. The number of aliphatic hydroxyl groups excluding tert-OH is 1. The molecule has 1 fully saturated rings. The van der Waals surface area contributed by atoms with Gasteiger partial charge in [0.15, 0.2) is 6.10 Å². The van der Waals surface area contributed by atoms with Gasteiger partial charge in [-0.05, 0) is 47.6 Å². The number of nitrogens with zero attached hydrogens (tertiary/aromatic N) is 1. The van der Waals surface area contributed by atoms with E-state index in [1.54, 1.807) is 48.5 Å². The largest absolute Gasteiger partial charge is 0.508 e. The third-order valence-electron chi connectivity index (χ3n) is 4.88. The normalized spacial score (nSPS) is 24.2. The zero-order valence-corrected chi connectivity index (χ0v) is 22.1. The van der Waals surface area contributed by atoms with E-state index in [9.17, 15) is 24.3 Å². The van der Waals surface area contributed by atoms with Crippen molar-refractivity contribution >= 4 is 30.3 Å². The molecule has 14 heteroatoms. The number of nitrogens with one attached hydrogen (secondary N) is 2. The van der Waals surface area contributed by atoms with Crippen LogP contribution in [0.15, 0.2) is 16.8 Å². The third kappa shape index (κ3) is 9.12. The molecule has 2 rings (SSSR count). The minimum Gasteiger partial charge on any atom is -0.480 e. The van der Waals surface area contributed by atoms with Crippen molar-refractivity contribution in [1.82, 2.24) is 10.6 Å². The molecule has 0 aromatic carbocycles. The molecule has 0 spiro atoms. The molecule has 3 N–H and O–H groups in total. The van der Waals surface area contributed by atoms with Gasteiger partial charge in [0.1, 0.15) is 30.0 Å². The van der Waals surface area contributed by atoms with Crippen LogP contribution >= 0.6 is 0 Å². The van der Waals surface area contributed by atoms with Gasteiger partial charge in [0.2, 0.25) is 11.7 Å². The number of hydrogen-bond donors (Lipinski definition) is 3. The number of aliphatic imine (C=N–C) groups is 1. The van der Waals surface area contributed by atoms with E-state index in [1.165, 1.54) is 6.08 Å². The van der Waals surface area contributed by atoms with Gasteiger partial charge in [-0.3, -0.25) is 10.6 Å². The van der Waals surface area contributed by atoms with Crippen LogP contribution in [0, 0.1) is 5.92 Å². The van der Waals surface area contributed by atoms with Crippen LogP contribution < -0.4 is 10.6 Å². The summed E-state index contributed by atoms with van der Waals surface area (Å²) in [4.78, 5) is 52.9. The number of hydrogen-bond acceptors (Lipinski definition) is 12. The monoisotopic (exact) mass is 529 g/mol. The number of cyclic esters (lactones) is 2. The molecule has 2 aliphatic rings. The van der Waals surface area contributed by atoms with Crippen molar-refractivity contribution in [2.75, 3.05) is 13.7 Å². The summed E-state index contributed by atoms with van der Waals surface area (Å²) in [7, 11) is 1.14. The van der Waals surface area contributed by atoms with E-state index in [0.717, 1.165) is 7.11 Å². The van der Waals surface area contributed by atoms with Crippen LogP contribution in [0.3, 0.4) is 0 Å². The minimum absolute atomic E-state index is 0.219. The first-order chi connectivity index (χ1) is 17.0. The highest BCUT2D eigenvalue weighted by molar-refractivity contribution is 6.01. The van der Waals surface area contributed by atoms with E-state index in [4.69, 9.17) is 28.4 Å². The Bertz CT molecular complexity index is 917. The van der Waals surface area contributed by atoms with Gasteiger partial charge in [0.05, 0.1) is 13.2 Å². The maximum absolute atomic E-state index is 12.4. The Morgan fingerprint density at radius 2 is 1.59 bits per heavy atom. The summed E-state index contributed by atoms with van der Waals surface area (Å²) in [6, 6.07) is -0.944. The van der Waals surface area contributed by atoms with Gasteiger partial charge in [-0.25, -0.2) is 24.2 Å². The third-order valence-corrected chi connectivity index (χ3v) is 4.88. The molecule has 0 aliphatic carbocycles. The lowest BCUT2D eigenvalue weighted by Gasteiger charge is -2.36. The summed E-state index contributed by atoms with van der Waals surface area (Å²) in [5.41, 5.74) is -1.69. The molecule has 208 valence electrons. The van der Waals surface area contributed by atoms with Crippen molar-refractivity contribution in [1.29, 1.82) is 0 Å². The van der Waals surface area contributed by atoms with Crippen molar-refractivity contribution in [2.24, 2.45) is 10.9 Å². The molecule has 0 radical (unpaired) electrons. The number of carbonyl (C=O) groups excluding carboxylic acids is 4. The Hall–Kier alpha value is -3.55. The Labute approximate surface area is 214 Å². The standard InChI is InChI=1S/C23H35N3O11/c1-11-12(9-13(17(28)32-8)34-16(11)15(27)14-10-33-21(31)35-14)24-18(25-19(29)36-22(2,3)4)26-20(30)37-23(5,6)7/h9,11-12,14-16,27H,10H2,1-8H3,(H2,24,25,26,29,30)/t11-,12+,14-,15-,16-/m1/s1. The van der Waals surface area contributed by atoms with Gasteiger partial charge in [0.25, 0.3) is 0 Å². The summed E-state index contributed by atoms with van der Waals surface area (Å²) >= 11 is 0. The second-order valence-electron chi connectivity index (χ2n) is 10.4. The lowest BCUT2D eigenvalue weighted by atomic mass is 9.88. The van der Waals surface area contributed by atoms with E-state index >= 15 is 0 Å². The average Bonchev–Trinajstić information content (AvgIpc) is 3.17. The lowest BCUT2D eigenvalue weighted by Crippen LogP contribution is -2.51. The van der Waals surface area contributed by atoms with Crippen molar-refractivity contribution in [3.8, 4) is 0 Å². The van der Waals surface area contributed by atoms with Crippen LogP contribution in [-0.2, 0) is 33.2 Å². The molecule has 1 saturated heterocycles. The van der Waals surface area contributed by atoms with Gasteiger partial charge in [-0.2, -0.15) is 0 Å². The number of rotatable bonds is 4. The number of carbonyl (C=O) groups is 4. The maximum Gasteiger partial charge on any atom is 0.508 e. The highest BCUT2D eigenvalue weighted by Gasteiger charge is 2.45. The number of guanidine groups is 1. The smallest absolute Gasteiger partial charge is 0.480 e. The molecule has 2 aliphatic heterocycles. The zero-order chi connectivity index (χ0) is 28.1. The number of ether oxygens (including phenoxy) is 6.